The highest BCUT2D eigenvalue weighted by Crippen LogP contribution is 2.36. The van der Waals surface area contributed by atoms with Crippen molar-refractivity contribution in [3.63, 3.8) is 0 Å². The van der Waals surface area contributed by atoms with Gasteiger partial charge < -0.3 is 10.1 Å². The Labute approximate surface area is 124 Å². The average Bonchev–Trinajstić information content (AvgIpc) is 2.78. The van der Waals surface area contributed by atoms with Gasteiger partial charge >= 0.3 is 0 Å². The van der Waals surface area contributed by atoms with E-state index in [0.717, 1.165) is 15.8 Å². The predicted molar refractivity (Wildman–Crippen MR) is 80.9 cm³/mol. The van der Waals surface area contributed by atoms with Crippen molar-refractivity contribution in [1.82, 2.24) is 5.32 Å². The molecule has 0 bridgehead atoms. The SMILES string of the molecule is CNC(c1ccc(OC)cc1Cl)c1sccc1Br. The van der Waals surface area contributed by atoms with Gasteiger partial charge in [0.05, 0.1) is 13.2 Å². The number of nitrogens with one attached hydrogen (secondary N) is 1. The number of ether oxygens (including phenoxy) is 1. The Balaban J connectivity index is 2.42. The van der Waals surface area contributed by atoms with Gasteiger partial charge in [-0.05, 0) is 52.1 Å². The van der Waals surface area contributed by atoms with Gasteiger partial charge in [0.25, 0.3) is 0 Å². The first-order chi connectivity index (χ1) is 8.67. The van der Waals surface area contributed by atoms with E-state index in [1.54, 1.807) is 18.4 Å². The van der Waals surface area contributed by atoms with Crippen molar-refractivity contribution >= 4 is 38.9 Å². The van der Waals surface area contributed by atoms with Crippen molar-refractivity contribution in [2.45, 2.75) is 6.04 Å². The minimum Gasteiger partial charge on any atom is -0.497 e. The quantitative estimate of drug-likeness (QED) is 0.881. The third-order valence-corrected chi connectivity index (χ3v) is 4.98. The molecule has 0 aliphatic rings. The molecule has 1 aromatic heterocycles. The first-order valence-electron chi connectivity index (χ1n) is 5.41. The summed E-state index contributed by atoms with van der Waals surface area (Å²) >= 11 is 11.6. The van der Waals surface area contributed by atoms with Crippen LogP contribution in [0.3, 0.4) is 0 Å². The topological polar surface area (TPSA) is 21.3 Å². The molecular formula is C13H13BrClNOS. The molecule has 0 radical (unpaired) electrons. The molecule has 2 rings (SSSR count). The maximum absolute atomic E-state index is 6.32. The van der Waals surface area contributed by atoms with Crippen molar-refractivity contribution < 1.29 is 4.74 Å². The van der Waals surface area contributed by atoms with Gasteiger partial charge in [-0.15, -0.1) is 11.3 Å². The highest BCUT2D eigenvalue weighted by atomic mass is 79.9. The van der Waals surface area contributed by atoms with Gasteiger partial charge in [-0.1, -0.05) is 17.7 Å². The van der Waals surface area contributed by atoms with Crippen molar-refractivity contribution in [3.8, 4) is 5.75 Å². The van der Waals surface area contributed by atoms with E-state index in [1.165, 1.54) is 4.88 Å². The zero-order valence-corrected chi connectivity index (χ0v) is 13.2. The number of benzene rings is 1. The van der Waals surface area contributed by atoms with Gasteiger partial charge in [-0.3, -0.25) is 0 Å². The number of halogens is 2. The van der Waals surface area contributed by atoms with Crippen molar-refractivity contribution in [2.24, 2.45) is 0 Å². The molecule has 0 fully saturated rings. The fraction of sp³-hybridized carbons (Fsp3) is 0.231. The average molecular weight is 347 g/mol. The second kappa shape index (κ2) is 6.06. The minimum atomic E-state index is 0.0813. The van der Waals surface area contributed by atoms with Crippen LogP contribution in [0.25, 0.3) is 0 Å². The molecule has 1 N–H and O–H groups in total. The Hall–Kier alpha value is -0.550. The molecule has 1 atom stereocenters. The highest BCUT2D eigenvalue weighted by molar-refractivity contribution is 9.10. The summed E-state index contributed by atoms with van der Waals surface area (Å²) in [6.07, 6.45) is 0. The molecule has 18 heavy (non-hydrogen) atoms. The van der Waals surface area contributed by atoms with E-state index in [2.05, 4.69) is 26.6 Å². The van der Waals surface area contributed by atoms with E-state index in [4.69, 9.17) is 16.3 Å². The van der Waals surface area contributed by atoms with Crippen LogP contribution >= 0.6 is 38.9 Å². The first kappa shape index (κ1) is 13.9. The van der Waals surface area contributed by atoms with Crippen LogP contribution in [0.4, 0.5) is 0 Å². The van der Waals surface area contributed by atoms with Gasteiger partial charge in [0.15, 0.2) is 0 Å². The maximum Gasteiger partial charge on any atom is 0.120 e. The lowest BCUT2D eigenvalue weighted by Crippen LogP contribution is -2.17. The van der Waals surface area contributed by atoms with Crippen molar-refractivity contribution in [2.75, 3.05) is 14.2 Å². The molecule has 1 heterocycles. The Bertz CT molecular complexity index is 544. The largest absolute Gasteiger partial charge is 0.497 e. The maximum atomic E-state index is 6.32. The number of rotatable bonds is 4. The van der Waals surface area contributed by atoms with Gasteiger partial charge in [0.2, 0.25) is 0 Å². The Morgan fingerprint density at radius 3 is 2.67 bits per heavy atom. The minimum absolute atomic E-state index is 0.0813. The molecular weight excluding hydrogens is 334 g/mol. The lowest BCUT2D eigenvalue weighted by molar-refractivity contribution is 0.414. The number of thiophene rings is 1. The highest BCUT2D eigenvalue weighted by Gasteiger charge is 2.19. The van der Waals surface area contributed by atoms with E-state index >= 15 is 0 Å². The summed E-state index contributed by atoms with van der Waals surface area (Å²) in [5, 5.41) is 6.05. The third-order valence-electron chi connectivity index (χ3n) is 2.71. The Morgan fingerprint density at radius 2 is 2.17 bits per heavy atom. The summed E-state index contributed by atoms with van der Waals surface area (Å²) in [4.78, 5) is 1.21. The first-order valence-corrected chi connectivity index (χ1v) is 7.46. The molecule has 96 valence electrons. The van der Waals surface area contributed by atoms with E-state index < -0.39 is 0 Å². The Kier molecular flexibility index (Phi) is 4.67. The van der Waals surface area contributed by atoms with Crippen LogP contribution in [0.2, 0.25) is 5.02 Å². The summed E-state index contributed by atoms with van der Waals surface area (Å²) in [5.41, 5.74) is 1.04. The lowest BCUT2D eigenvalue weighted by Gasteiger charge is -2.18. The molecule has 0 saturated heterocycles. The van der Waals surface area contributed by atoms with Crippen molar-refractivity contribution in [1.29, 1.82) is 0 Å². The molecule has 0 amide bonds. The molecule has 5 heteroatoms. The van der Waals surface area contributed by atoms with E-state index in [0.29, 0.717) is 5.02 Å². The van der Waals surface area contributed by atoms with E-state index in [-0.39, 0.29) is 6.04 Å². The fourth-order valence-electron chi connectivity index (χ4n) is 1.81. The fourth-order valence-corrected chi connectivity index (χ4v) is 3.82. The van der Waals surface area contributed by atoms with E-state index in [1.807, 2.05) is 31.3 Å². The molecule has 2 aromatic rings. The van der Waals surface area contributed by atoms with E-state index in [9.17, 15) is 0 Å². The van der Waals surface area contributed by atoms with Gasteiger partial charge in [0, 0.05) is 14.4 Å². The zero-order valence-electron chi connectivity index (χ0n) is 10.0. The molecule has 0 spiro atoms. The van der Waals surface area contributed by atoms with Crippen molar-refractivity contribution in [3.05, 3.63) is 49.6 Å². The predicted octanol–water partition coefficient (Wildman–Crippen LogP) is 4.48. The van der Waals surface area contributed by atoms with Crippen LogP contribution in [0.15, 0.2) is 34.1 Å². The lowest BCUT2D eigenvalue weighted by atomic mass is 10.1. The molecule has 0 saturated carbocycles. The standard InChI is InChI=1S/C13H13BrClNOS/c1-16-12(13-10(14)5-6-18-13)9-4-3-8(17-2)7-11(9)15/h3-7,12,16H,1-2H3. The second-order valence-corrected chi connectivity index (χ2v) is 5.95. The molecule has 1 aromatic carbocycles. The molecule has 2 nitrogen and oxygen atoms in total. The van der Waals surface area contributed by atoms with Gasteiger partial charge in [0.1, 0.15) is 5.75 Å². The molecule has 0 aliphatic heterocycles. The van der Waals surface area contributed by atoms with Gasteiger partial charge in [-0.2, -0.15) is 0 Å². The van der Waals surface area contributed by atoms with Crippen LogP contribution in [0.5, 0.6) is 5.75 Å². The monoisotopic (exact) mass is 345 g/mol. The smallest absolute Gasteiger partial charge is 0.120 e. The summed E-state index contributed by atoms with van der Waals surface area (Å²) in [6, 6.07) is 7.88. The summed E-state index contributed by atoms with van der Waals surface area (Å²) in [5.74, 6) is 0.767. The zero-order chi connectivity index (χ0) is 13.1. The van der Waals surface area contributed by atoms with Crippen LogP contribution in [0, 0.1) is 0 Å². The summed E-state index contributed by atoms with van der Waals surface area (Å²) < 4.78 is 6.26. The number of methoxy groups -OCH3 is 1. The molecule has 0 aliphatic carbocycles. The normalized spacial score (nSPS) is 12.4. The van der Waals surface area contributed by atoms with Crippen LogP contribution in [0.1, 0.15) is 16.5 Å². The van der Waals surface area contributed by atoms with Crippen LogP contribution in [-0.2, 0) is 0 Å². The van der Waals surface area contributed by atoms with Crippen LogP contribution in [-0.4, -0.2) is 14.2 Å². The Morgan fingerprint density at radius 1 is 1.39 bits per heavy atom. The summed E-state index contributed by atoms with van der Waals surface area (Å²) in [6.45, 7) is 0. The third kappa shape index (κ3) is 2.72. The van der Waals surface area contributed by atoms with Crippen LogP contribution < -0.4 is 10.1 Å². The molecule has 1 unspecified atom stereocenters. The number of hydrogen-bond donors (Lipinski definition) is 1. The van der Waals surface area contributed by atoms with Gasteiger partial charge in [-0.25, -0.2) is 0 Å². The number of hydrogen-bond acceptors (Lipinski definition) is 3. The summed E-state index contributed by atoms with van der Waals surface area (Å²) in [7, 11) is 3.56. The second-order valence-electron chi connectivity index (χ2n) is 3.74.